The molecular formula is C22H23ClN2O2S. The molecule has 2 aromatic carbocycles. The molecule has 0 spiro atoms. The van der Waals surface area contributed by atoms with Crippen molar-refractivity contribution in [2.24, 2.45) is 5.92 Å². The first kappa shape index (κ1) is 20.4. The largest absolute Gasteiger partial charge is 0.465 e. The van der Waals surface area contributed by atoms with Crippen LogP contribution in [0.4, 0.5) is 10.8 Å². The molecule has 3 rings (SSSR count). The fraction of sp³-hybridized carbons (Fsp3) is 0.273. The molecule has 0 unspecified atom stereocenters. The van der Waals surface area contributed by atoms with Gasteiger partial charge in [0, 0.05) is 21.2 Å². The minimum atomic E-state index is -0.363. The molecular weight excluding hydrogens is 392 g/mol. The van der Waals surface area contributed by atoms with Gasteiger partial charge >= 0.3 is 5.97 Å². The number of carbonyl (C=O) groups excluding carboxylic acids is 1. The van der Waals surface area contributed by atoms with E-state index in [4.69, 9.17) is 21.3 Å². The molecule has 0 saturated carbocycles. The first-order valence-electron chi connectivity index (χ1n) is 9.09. The lowest BCUT2D eigenvalue weighted by Crippen LogP contribution is -2.01. The number of aromatic nitrogens is 1. The van der Waals surface area contributed by atoms with Crippen molar-refractivity contribution in [3.8, 4) is 11.3 Å². The third kappa shape index (κ3) is 4.72. The summed E-state index contributed by atoms with van der Waals surface area (Å²) in [6.45, 7) is 6.38. The van der Waals surface area contributed by atoms with Gasteiger partial charge in [0.1, 0.15) is 0 Å². The Hall–Kier alpha value is -2.37. The molecule has 0 aliphatic heterocycles. The standard InChI is InChI=1S/C22H23ClN2O2S/c1-13(2)10-19-20(15-9-8-14(3)18(23)12-15)25-22(28-19)24-17-7-5-6-16(11-17)21(26)27-4/h5-9,11-13H,10H2,1-4H3,(H,24,25). The summed E-state index contributed by atoms with van der Waals surface area (Å²) in [5, 5.41) is 4.84. The van der Waals surface area contributed by atoms with Crippen LogP contribution in [0.2, 0.25) is 5.02 Å². The van der Waals surface area contributed by atoms with E-state index in [1.165, 1.54) is 12.0 Å². The Kier molecular flexibility index (Phi) is 6.37. The quantitative estimate of drug-likeness (QED) is 0.467. The number of benzene rings is 2. The Labute approximate surface area is 174 Å². The highest BCUT2D eigenvalue weighted by atomic mass is 35.5. The van der Waals surface area contributed by atoms with Crippen LogP contribution in [0.15, 0.2) is 42.5 Å². The van der Waals surface area contributed by atoms with E-state index in [9.17, 15) is 4.79 Å². The highest BCUT2D eigenvalue weighted by Crippen LogP contribution is 2.35. The molecule has 0 radical (unpaired) electrons. The summed E-state index contributed by atoms with van der Waals surface area (Å²) in [6.07, 6.45) is 0.933. The van der Waals surface area contributed by atoms with Crippen molar-refractivity contribution in [2.75, 3.05) is 12.4 Å². The SMILES string of the molecule is COC(=O)c1cccc(Nc2nc(-c3ccc(C)c(Cl)c3)c(CC(C)C)s2)c1. The van der Waals surface area contributed by atoms with Crippen LogP contribution in [-0.4, -0.2) is 18.1 Å². The van der Waals surface area contributed by atoms with Crippen molar-refractivity contribution >= 4 is 39.7 Å². The maximum atomic E-state index is 11.8. The second-order valence-electron chi connectivity index (χ2n) is 7.05. The Morgan fingerprint density at radius 2 is 2.04 bits per heavy atom. The number of methoxy groups -OCH3 is 1. The molecule has 0 aliphatic carbocycles. The lowest BCUT2D eigenvalue weighted by molar-refractivity contribution is 0.0601. The number of nitrogens with zero attached hydrogens (tertiary/aromatic N) is 1. The molecule has 0 fully saturated rings. The topological polar surface area (TPSA) is 51.2 Å². The molecule has 0 atom stereocenters. The summed E-state index contributed by atoms with van der Waals surface area (Å²) in [7, 11) is 1.38. The number of rotatable bonds is 6. The monoisotopic (exact) mass is 414 g/mol. The molecule has 0 saturated heterocycles. The smallest absolute Gasteiger partial charge is 0.337 e. The lowest BCUT2D eigenvalue weighted by atomic mass is 10.0. The van der Waals surface area contributed by atoms with Crippen molar-refractivity contribution in [1.29, 1.82) is 0 Å². The van der Waals surface area contributed by atoms with E-state index in [2.05, 4.69) is 25.2 Å². The van der Waals surface area contributed by atoms with Crippen molar-refractivity contribution < 1.29 is 9.53 Å². The zero-order chi connectivity index (χ0) is 20.3. The molecule has 4 nitrogen and oxygen atoms in total. The lowest BCUT2D eigenvalue weighted by Gasteiger charge is -2.06. The third-order valence-electron chi connectivity index (χ3n) is 4.27. The van der Waals surface area contributed by atoms with Gasteiger partial charge in [-0.25, -0.2) is 9.78 Å². The molecule has 28 heavy (non-hydrogen) atoms. The van der Waals surface area contributed by atoms with Crippen LogP contribution in [0.25, 0.3) is 11.3 Å². The maximum Gasteiger partial charge on any atom is 0.337 e. The number of esters is 1. The number of anilines is 2. The normalized spacial score (nSPS) is 10.9. The molecule has 0 aliphatic rings. The van der Waals surface area contributed by atoms with Gasteiger partial charge in [-0.3, -0.25) is 0 Å². The highest BCUT2D eigenvalue weighted by molar-refractivity contribution is 7.16. The predicted octanol–water partition coefficient (Wildman–Crippen LogP) is 6.50. The highest BCUT2D eigenvalue weighted by Gasteiger charge is 2.16. The van der Waals surface area contributed by atoms with E-state index in [0.29, 0.717) is 11.5 Å². The number of aryl methyl sites for hydroxylation is 1. The van der Waals surface area contributed by atoms with Crippen LogP contribution in [0.5, 0.6) is 0 Å². The van der Waals surface area contributed by atoms with Crippen LogP contribution in [0, 0.1) is 12.8 Å². The molecule has 0 amide bonds. The molecule has 6 heteroatoms. The van der Waals surface area contributed by atoms with Gasteiger partial charge in [0.05, 0.1) is 18.4 Å². The minimum Gasteiger partial charge on any atom is -0.465 e. The summed E-state index contributed by atoms with van der Waals surface area (Å²) >= 11 is 7.96. The van der Waals surface area contributed by atoms with E-state index < -0.39 is 0 Å². The zero-order valence-corrected chi connectivity index (χ0v) is 17.9. The van der Waals surface area contributed by atoms with Crippen molar-refractivity contribution in [1.82, 2.24) is 4.98 Å². The van der Waals surface area contributed by atoms with Crippen LogP contribution in [0.1, 0.15) is 34.6 Å². The Morgan fingerprint density at radius 3 is 2.71 bits per heavy atom. The molecule has 3 aromatic rings. The van der Waals surface area contributed by atoms with E-state index >= 15 is 0 Å². The Morgan fingerprint density at radius 1 is 1.25 bits per heavy atom. The second-order valence-corrected chi connectivity index (χ2v) is 8.54. The van der Waals surface area contributed by atoms with Crippen molar-refractivity contribution in [2.45, 2.75) is 27.2 Å². The average Bonchev–Trinajstić information content (AvgIpc) is 3.04. The van der Waals surface area contributed by atoms with Gasteiger partial charge in [0.15, 0.2) is 5.13 Å². The van der Waals surface area contributed by atoms with E-state index in [1.807, 2.05) is 31.2 Å². The van der Waals surface area contributed by atoms with Gasteiger partial charge in [0.2, 0.25) is 0 Å². The van der Waals surface area contributed by atoms with Gasteiger partial charge in [0.25, 0.3) is 0 Å². The summed E-state index contributed by atoms with van der Waals surface area (Å²) in [4.78, 5) is 17.8. The fourth-order valence-corrected chi connectivity index (χ4v) is 4.24. The van der Waals surface area contributed by atoms with Gasteiger partial charge in [-0.05, 0) is 49.1 Å². The summed E-state index contributed by atoms with van der Waals surface area (Å²) in [5.41, 5.74) is 4.30. The minimum absolute atomic E-state index is 0.363. The number of thiazole rings is 1. The predicted molar refractivity (Wildman–Crippen MR) is 117 cm³/mol. The number of hydrogen-bond donors (Lipinski definition) is 1. The van der Waals surface area contributed by atoms with Crippen LogP contribution >= 0.6 is 22.9 Å². The number of carbonyl (C=O) groups is 1. The summed E-state index contributed by atoms with van der Waals surface area (Å²) < 4.78 is 4.79. The van der Waals surface area contributed by atoms with E-state index in [-0.39, 0.29) is 5.97 Å². The maximum absolute atomic E-state index is 11.8. The van der Waals surface area contributed by atoms with Crippen molar-refractivity contribution in [3.63, 3.8) is 0 Å². The molecule has 1 aromatic heterocycles. The van der Waals surface area contributed by atoms with Gasteiger partial charge in [-0.2, -0.15) is 0 Å². The molecule has 1 heterocycles. The third-order valence-corrected chi connectivity index (χ3v) is 5.67. The van der Waals surface area contributed by atoms with E-state index in [1.54, 1.807) is 23.5 Å². The first-order valence-corrected chi connectivity index (χ1v) is 10.3. The fourth-order valence-electron chi connectivity index (χ4n) is 2.85. The number of hydrogen-bond acceptors (Lipinski definition) is 5. The summed E-state index contributed by atoms with van der Waals surface area (Å²) in [6, 6.07) is 13.2. The summed E-state index contributed by atoms with van der Waals surface area (Å²) in [5.74, 6) is 0.147. The van der Waals surface area contributed by atoms with Crippen LogP contribution in [-0.2, 0) is 11.2 Å². The Bertz CT molecular complexity index is 998. The van der Waals surface area contributed by atoms with Gasteiger partial charge in [-0.1, -0.05) is 43.6 Å². The molecule has 146 valence electrons. The number of nitrogens with one attached hydrogen (secondary N) is 1. The van der Waals surface area contributed by atoms with Gasteiger partial charge < -0.3 is 10.1 Å². The van der Waals surface area contributed by atoms with Gasteiger partial charge in [-0.15, -0.1) is 11.3 Å². The average molecular weight is 415 g/mol. The number of halogens is 1. The molecule has 1 N–H and O–H groups in total. The van der Waals surface area contributed by atoms with Crippen molar-refractivity contribution in [3.05, 3.63) is 63.5 Å². The van der Waals surface area contributed by atoms with E-state index in [0.717, 1.165) is 39.1 Å². The Balaban J connectivity index is 1.95. The van der Waals surface area contributed by atoms with Crippen LogP contribution in [0.3, 0.4) is 0 Å². The zero-order valence-electron chi connectivity index (χ0n) is 16.4. The number of ether oxygens (including phenoxy) is 1. The second kappa shape index (κ2) is 8.76. The van der Waals surface area contributed by atoms with Crippen LogP contribution < -0.4 is 5.32 Å². The first-order chi connectivity index (χ1) is 13.4. The molecule has 0 bridgehead atoms.